The topological polar surface area (TPSA) is 38.5 Å². The molecule has 0 aromatic rings. The van der Waals surface area contributed by atoms with Crippen LogP contribution in [-0.4, -0.2) is 43.3 Å². The first-order chi connectivity index (χ1) is 6.81. The van der Waals surface area contributed by atoms with Crippen molar-refractivity contribution in [3.63, 3.8) is 0 Å². The zero-order valence-corrected chi connectivity index (χ0v) is 9.11. The van der Waals surface area contributed by atoms with E-state index in [0.29, 0.717) is 12.0 Å². The summed E-state index contributed by atoms with van der Waals surface area (Å²) in [5.41, 5.74) is 6.20. The maximum Gasteiger partial charge on any atom is 0.0510 e. The van der Waals surface area contributed by atoms with Gasteiger partial charge in [-0.15, -0.1) is 0 Å². The van der Waals surface area contributed by atoms with Gasteiger partial charge in [-0.05, 0) is 25.8 Å². The van der Waals surface area contributed by atoms with Gasteiger partial charge >= 0.3 is 0 Å². The van der Waals surface area contributed by atoms with Gasteiger partial charge in [0.25, 0.3) is 0 Å². The number of ether oxygens (including phenoxy) is 1. The number of rotatable bonds is 5. The van der Waals surface area contributed by atoms with Gasteiger partial charge in [0.1, 0.15) is 0 Å². The number of nitrogens with zero attached hydrogens (tertiary/aromatic N) is 1. The lowest BCUT2D eigenvalue weighted by atomic mass is 9.99. The van der Waals surface area contributed by atoms with Crippen molar-refractivity contribution in [1.82, 2.24) is 4.90 Å². The summed E-state index contributed by atoms with van der Waals surface area (Å²) in [4.78, 5) is 2.53. The fourth-order valence-electron chi connectivity index (χ4n) is 2.29. The van der Waals surface area contributed by atoms with Crippen molar-refractivity contribution in [2.45, 2.75) is 38.3 Å². The summed E-state index contributed by atoms with van der Waals surface area (Å²) in [5, 5.41) is 0. The summed E-state index contributed by atoms with van der Waals surface area (Å²) in [6, 6.07) is 1.16. The molecule has 2 aliphatic rings. The highest BCUT2D eigenvalue weighted by Crippen LogP contribution is 2.27. The smallest absolute Gasteiger partial charge is 0.0510 e. The van der Waals surface area contributed by atoms with Crippen molar-refractivity contribution in [2.75, 3.05) is 26.3 Å². The summed E-state index contributed by atoms with van der Waals surface area (Å²) in [5.74, 6) is 0.600. The molecule has 0 radical (unpaired) electrons. The molecule has 0 bridgehead atoms. The quantitative estimate of drug-likeness (QED) is 0.711. The highest BCUT2D eigenvalue weighted by atomic mass is 16.5. The second-order valence-corrected chi connectivity index (χ2v) is 4.61. The van der Waals surface area contributed by atoms with Crippen LogP contribution in [0.3, 0.4) is 0 Å². The van der Waals surface area contributed by atoms with E-state index in [-0.39, 0.29) is 0 Å². The summed E-state index contributed by atoms with van der Waals surface area (Å²) in [6.07, 6.45) is 3.91. The zero-order chi connectivity index (χ0) is 9.97. The molecule has 3 nitrogen and oxygen atoms in total. The van der Waals surface area contributed by atoms with E-state index in [9.17, 15) is 0 Å². The Morgan fingerprint density at radius 1 is 1.43 bits per heavy atom. The van der Waals surface area contributed by atoms with Gasteiger partial charge < -0.3 is 10.5 Å². The van der Waals surface area contributed by atoms with E-state index in [1.54, 1.807) is 0 Å². The van der Waals surface area contributed by atoms with Crippen LogP contribution in [0.1, 0.15) is 26.2 Å². The summed E-state index contributed by atoms with van der Waals surface area (Å²) < 4.78 is 5.37. The maximum absolute atomic E-state index is 6.20. The normalized spacial score (nSPS) is 29.8. The van der Waals surface area contributed by atoms with Crippen molar-refractivity contribution >= 4 is 0 Å². The van der Waals surface area contributed by atoms with Gasteiger partial charge in [0.15, 0.2) is 0 Å². The molecular formula is C11H22N2O. The average molecular weight is 198 g/mol. The Morgan fingerprint density at radius 2 is 2.21 bits per heavy atom. The Labute approximate surface area is 86.6 Å². The lowest BCUT2D eigenvalue weighted by Gasteiger charge is -2.26. The minimum atomic E-state index is 0.318. The predicted molar refractivity (Wildman–Crippen MR) is 57.2 cm³/mol. The van der Waals surface area contributed by atoms with E-state index >= 15 is 0 Å². The van der Waals surface area contributed by atoms with Gasteiger partial charge in [0, 0.05) is 31.2 Å². The number of hydrogen-bond acceptors (Lipinski definition) is 3. The van der Waals surface area contributed by atoms with Gasteiger partial charge in [-0.2, -0.15) is 0 Å². The molecule has 0 aromatic carbocycles. The molecular weight excluding hydrogens is 176 g/mol. The molecule has 2 N–H and O–H groups in total. The molecule has 1 heterocycles. The SMILES string of the molecule is CCN(CC(N)C1CCOC1)C1CC1. The van der Waals surface area contributed by atoms with Gasteiger partial charge in [-0.25, -0.2) is 0 Å². The number of nitrogens with two attached hydrogens (primary N) is 1. The molecule has 14 heavy (non-hydrogen) atoms. The molecule has 2 rings (SSSR count). The molecule has 2 fully saturated rings. The molecule has 1 aliphatic carbocycles. The van der Waals surface area contributed by atoms with Crippen molar-refractivity contribution < 1.29 is 4.74 Å². The molecule has 0 aromatic heterocycles. The largest absolute Gasteiger partial charge is 0.381 e. The first-order valence-electron chi connectivity index (χ1n) is 5.88. The van der Waals surface area contributed by atoms with E-state index < -0.39 is 0 Å². The van der Waals surface area contributed by atoms with E-state index in [1.807, 2.05) is 0 Å². The van der Waals surface area contributed by atoms with Crippen LogP contribution in [-0.2, 0) is 4.74 Å². The Hall–Kier alpha value is -0.120. The van der Waals surface area contributed by atoms with Gasteiger partial charge in [0.2, 0.25) is 0 Å². The van der Waals surface area contributed by atoms with E-state index in [4.69, 9.17) is 10.5 Å². The van der Waals surface area contributed by atoms with Gasteiger partial charge in [-0.1, -0.05) is 6.92 Å². The Balaban J connectivity index is 1.76. The number of hydrogen-bond donors (Lipinski definition) is 1. The third-order valence-electron chi connectivity index (χ3n) is 3.49. The fourth-order valence-corrected chi connectivity index (χ4v) is 2.29. The molecule has 1 saturated carbocycles. The second-order valence-electron chi connectivity index (χ2n) is 4.61. The van der Waals surface area contributed by atoms with Crippen molar-refractivity contribution in [3.8, 4) is 0 Å². The zero-order valence-electron chi connectivity index (χ0n) is 9.11. The van der Waals surface area contributed by atoms with Crippen LogP contribution >= 0.6 is 0 Å². The Kier molecular flexibility index (Phi) is 3.42. The molecule has 3 heteroatoms. The van der Waals surface area contributed by atoms with E-state index in [2.05, 4.69) is 11.8 Å². The first kappa shape index (κ1) is 10.4. The van der Waals surface area contributed by atoms with E-state index in [0.717, 1.165) is 38.8 Å². The Morgan fingerprint density at radius 3 is 2.71 bits per heavy atom. The van der Waals surface area contributed by atoms with Crippen molar-refractivity contribution in [3.05, 3.63) is 0 Å². The highest BCUT2D eigenvalue weighted by Gasteiger charge is 2.31. The molecule has 0 spiro atoms. The minimum Gasteiger partial charge on any atom is -0.381 e. The third-order valence-corrected chi connectivity index (χ3v) is 3.49. The van der Waals surface area contributed by atoms with Crippen molar-refractivity contribution in [1.29, 1.82) is 0 Å². The molecule has 0 amide bonds. The first-order valence-corrected chi connectivity index (χ1v) is 5.88. The summed E-state index contributed by atoms with van der Waals surface area (Å²) in [7, 11) is 0. The molecule has 2 atom stereocenters. The molecule has 1 aliphatic heterocycles. The third kappa shape index (κ3) is 2.47. The van der Waals surface area contributed by atoms with Crippen LogP contribution < -0.4 is 5.73 Å². The maximum atomic E-state index is 6.20. The van der Waals surface area contributed by atoms with Crippen LogP contribution in [0.5, 0.6) is 0 Å². The summed E-state index contributed by atoms with van der Waals surface area (Å²) >= 11 is 0. The van der Waals surface area contributed by atoms with Crippen LogP contribution in [0.25, 0.3) is 0 Å². The van der Waals surface area contributed by atoms with Crippen molar-refractivity contribution in [2.24, 2.45) is 11.7 Å². The van der Waals surface area contributed by atoms with Crippen LogP contribution in [0.15, 0.2) is 0 Å². The molecule has 2 unspecified atom stereocenters. The lowest BCUT2D eigenvalue weighted by Crippen LogP contribution is -2.43. The standard InChI is InChI=1S/C11H22N2O/c1-2-13(10-3-4-10)7-11(12)9-5-6-14-8-9/h9-11H,2-8,12H2,1H3. The average Bonchev–Trinajstić information content (AvgIpc) is 2.88. The van der Waals surface area contributed by atoms with Crippen LogP contribution in [0, 0.1) is 5.92 Å². The predicted octanol–water partition coefficient (Wildman–Crippen LogP) is 0.834. The summed E-state index contributed by atoms with van der Waals surface area (Å²) in [6.45, 7) is 6.23. The number of likely N-dealkylation sites (N-methyl/N-ethyl adjacent to an activating group) is 1. The molecule has 82 valence electrons. The van der Waals surface area contributed by atoms with Gasteiger partial charge in [-0.3, -0.25) is 4.90 Å². The van der Waals surface area contributed by atoms with Crippen LogP contribution in [0.2, 0.25) is 0 Å². The van der Waals surface area contributed by atoms with E-state index in [1.165, 1.54) is 12.8 Å². The fraction of sp³-hybridized carbons (Fsp3) is 1.00. The minimum absolute atomic E-state index is 0.318. The molecule has 1 saturated heterocycles. The monoisotopic (exact) mass is 198 g/mol. The second kappa shape index (κ2) is 4.60. The van der Waals surface area contributed by atoms with Crippen LogP contribution in [0.4, 0.5) is 0 Å². The Bertz CT molecular complexity index is 176. The lowest BCUT2D eigenvalue weighted by molar-refractivity contribution is 0.169. The highest BCUT2D eigenvalue weighted by molar-refractivity contribution is 4.88. The van der Waals surface area contributed by atoms with Gasteiger partial charge in [0.05, 0.1) is 6.61 Å².